The first-order valence-electron chi connectivity index (χ1n) is 5.73. The van der Waals surface area contributed by atoms with Crippen molar-refractivity contribution in [3.8, 4) is 0 Å². The summed E-state index contributed by atoms with van der Waals surface area (Å²) in [5, 5.41) is 13.1. The summed E-state index contributed by atoms with van der Waals surface area (Å²) in [5.41, 5.74) is 0. The van der Waals surface area contributed by atoms with Crippen LogP contribution in [0.25, 0.3) is 0 Å². The molecule has 1 rings (SSSR count). The lowest BCUT2D eigenvalue weighted by molar-refractivity contribution is 0.0843. The van der Waals surface area contributed by atoms with Crippen LogP contribution in [0.3, 0.4) is 0 Å². The van der Waals surface area contributed by atoms with E-state index in [1.807, 2.05) is 0 Å². The molecule has 0 aromatic carbocycles. The standard InChI is InChI=1S/C11H23NO/c1-2-8-12-9-11(13)10-6-4-3-5-7-10/h10-13H,2-9H2,1H3. The highest BCUT2D eigenvalue weighted by atomic mass is 16.3. The Balaban J connectivity index is 2.09. The minimum atomic E-state index is -0.105. The van der Waals surface area contributed by atoms with E-state index in [2.05, 4.69) is 12.2 Å². The topological polar surface area (TPSA) is 32.3 Å². The van der Waals surface area contributed by atoms with Crippen molar-refractivity contribution in [2.75, 3.05) is 13.1 Å². The van der Waals surface area contributed by atoms with Crippen molar-refractivity contribution in [1.82, 2.24) is 5.32 Å². The SMILES string of the molecule is CCCNCC(O)C1CCCCC1. The maximum atomic E-state index is 9.84. The molecular formula is C11H23NO. The summed E-state index contributed by atoms with van der Waals surface area (Å²) in [4.78, 5) is 0. The van der Waals surface area contributed by atoms with E-state index < -0.39 is 0 Å². The zero-order chi connectivity index (χ0) is 9.52. The highest BCUT2D eigenvalue weighted by Gasteiger charge is 2.20. The highest BCUT2D eigenvalue weighted by molar-refractivity contribution is 4.74. The summed E-state index contributed by atoms with van der Waals surface area (Å²) in [6.07, 6.45) is 7.50. The van der Waals surface area contributed by atoms with Gasteiger partial charge in [0.15, 0.2) is 0 Å². The van der Waals surface area contributed by atoms with Crippen LogP contribution in [-0.2, 0) is 0 Å². The second-order valence-electron chi connectivity index (χ2n) is 4.17. The van der Waals surface area contributed by atoms with E-state index in [1.54, 1.807) is 0 Å². The van der Waals surface area contributed by atoms with E-state index in [-0.39, 0.29) is 6.10 Å². The predicted octanol–water partition coefficient (Wildman–Crippen LogP) is 1.93. The average molecular weight is 185 g/mol. The quantitative estimate of drug-likeness (QED) is 0.641. The van der Waals surface area contributed by atoms with Crippen molar-refractivity contribution in [3.05, 3.63) is 0 Å². The second kappa shape index (κ2) is 6.39. The monoisotopic (exact) mass is 185 g/mol. The fourth-order valence-electron chi connectivity index (χ4n) is 2.11. The van der Waals surface area contributed by atoms with Crippen molar-refractivity contribution in [1.29, 1.82) is 0 Å². The maximum Gasteiger partial charge on any atom is 0.0692 e. The summed E-state index contributed by atoms with van der Waals surface area (Å²) in [6, 6.07) is 0. The van der Waals surface area contributed by atoms with Gasteiger partial charge in [0, 0.05) is 6.54 Å². The molecule has 0 amide bonds. The van der Waals surface area contributed by atoms with Gasteiger partial charge < -0.3 is 10.4 Å². The van der Waals surface area contributed by atoms with E-state index in [0.29, 0.717) is 5.92 Å². The molecule has 0 aliphatic heterocycles. The summed E-state index contributed by atoms with van der Waals surface area (Å²) in [5.74, 6) is 0.568. The van der Waals surface area contributed by atoms with Gasteiger partial charge in [-0.2, -0.15) is 0 Å². The van der Waals surface area contributed by atoms with Crippen molar-refractivity contribution >= 4 is 0 Å². The van der Waals surface area contributed by atoms with Gasteiger partial charge in [0.05, 0.1) is 6.10 Å². The number of hydrogen-bond acceptors (Lipinski definition) is 2. The minimum Gasteiger partial charge on any atom is -0.392 e. The fourth-order valence-corrected chi connectivity index (χ4v) is 2.11. The molecule has 1 unspecified atom stereocenters. The molecule has 0 radical (unpaired) electrons. The fraction of sp³-hybridized carbons (Fsp3) is 1.00. The molecule has 2 nitrogen and oxygen atoms in total. The number of nitrogens with one attached hydrogen (secondary N) is 1. The third-order valence-corrected chi connectivity index (χ3v) is 2.97. The van der Waals surface area contributed by atoms with Gasteiger partial charge >= 0.3 is 0 Å². The molecule has 1 aliphatic rings. The van der Waals surface area contributed by atoms with Crippen LogP contribution in [0, 0.1) is 5.92 Å². The van der Waals surface area contributed by atoms with Gasteiger partial charge in [0.1, 0.15) is 0 Å². The van der Waals surface area contributed by atoms with Gasteiger partial charge in [-0.25, -0.2) is 0 Å². The molecule has 0 bridgehead atoms. The van der Waals surface area contributed by atoms with Crippen molar-refractivity contribution < 1.29 is 5.11 Å². The van der Waals surface area contributed by atoms with Gasteiger partial charge in [0.2, 0.25) is 0 Å². The minimum absolute atomic E-state index is 0.105. The third kappa shape index (κ3) is 4.10. The number of hydrogen-bond donors (Lipinski definition) is 2. The Kier molecular flexibility index (Phi) is 5.40. The molecule has 1 saturated carbocycles. The molecule has 0 heterocycles. The smallest absolute Gasteiger partial charge is 0.0692 e. The molecule has 0 saturated heterocycles. The summed E-state index contributed by atoms with van der Waals surface area (Å²) in [7, 11) is 0. The first-order chi connectivity index (χ1) is 6.34. The normalized spacial score (nSPS) is 21.7. The van der Waals surface area contributed by atoms with Crippen LogP contribution >= 0.6 is 0 Å². The zero-order valence-electron chi connectivity index (χ0n) is 8.76. The molecule has 1 aliphatic carbocycles. The van der Waals surface area contributed by atoms with Crippen molar-refractivity contribution in [3.63, 3.8) is 0 Å². The molecule has 13 heavy (non-hydrogen) atoms. The maximum absolute atomic E-state index is 9.84. The lowest BCUT2D eigenvalue weighted by Gasteiger charge is -2.26. The number of rotatable bonds is 5. The Hall–Kier alpha value is -0.0800. The zero-order valence-corrected chi connectivity index (χ0v) is 8.76. The largest absolute Gasteiger partial charge is 0.392 e. The Morgan fingerprint density at radius 3 is 2.62 bits per heavy atom. The van der Waals surface area contributed by atoms with E-state index in [9.17, 15) is 5.11 Å². The van der Waals surface area contributed by atoms with E-state index in [4.69, 9.17) is 0 Å². The van der Waals surface area contributed by atoms with E-state index in [1.165, 1.54) is 32.1 Å². The highest BCUT2D eigenvalue weighted by Crippen LogP contribution is 2.26. The third-order valence-electron chi connectivity index (χ3n) is 2.97. The van der Waals surface area contributed by atoms with Crippen LogP contribution in [0.15, 0.2) is 0 Å². The summed E-state index contributed by atoms with van der Waals surface area (Å²) >= 11 is 0. The van der Waals surface area contributed by atoms with Gasteiger partial charge in [-0.3, -0.25) is 0 Å². The lowest BCUT2D eigenvalue weighted by Crippen LogP contribution is -2.34. The Morgan fingerprint density at radius 1 is 1.31 bits per heavy atom. The van der Waals surface area contributed by atoms with E-state index in [0.717, 1.165) is 19.5 Å². The molecular weight excluding hydrogens is 162 g/mol. The lowest BCUT2D eigenvalue weighted by atomic mass is 9.85. The molecule has 1 atom stereocenters. The molecule has 0 aromatic rings. The van der Waals surface area contributed by atoms with Gasteiger partial charge in [-0.1, -0.05) is 26.2 Å². The summed E-state index contributed by atoms with van der Waals surface area (Å²) in [6.45, 7) is 3.97. The van der Waals surface area contributed by atoms with E-state index >= 15 is 0 Å². The average Bonchev–Trinajstić information content (AvgIpc) is 2.19. The molecule has 0 spiro atoms. The first-order valence-corrected chi connectivity index (χ1v) is 5.73. The van der Waals surface area contributed by atoms with Gasteiger partial charge in [-0.15, -0.1) is 0 Å². The van der Waals surface area contributed by atoms with Crippen molar-refractivity contribution in [2.24, 2.45) is 5.92 Å². The van der Waals surface area contributed by atoms with Crippen LogP contribution in [-0.4, -0.2) is 24.3 Å². The molecule has 78 valence electrons. The van der Waals surface area contributed by atoms with Crippen LogP contribution in [0.2, 0.25) is 0 Å². The van der Waals surface area contributed by atoms with Crippen molar-refractivity contribution in [2.45, 2.75) is 51.6 Å². The first kappa shape index (κ1) is 11.0. The molecule has 1 fully saturated rings. The number of aliphatic hydroxyl groups excluding tert-OH is 1. The Labute approximate surface area is 81.7 Å². The molecule has 2 N–H and O–H groups in total. The Morgan fingerprint density at radius 2 is 2.00 bits per heavy atom. The van der Waals surface area contributed by atoms with Crippen LogP contribution in [0.1, 0.15) is 45.4 Å². The van der Waals surface area contributed by atoms with Gasteiger partial charge in [-0.05, 0) is 31.7 Å². The van der Waals surface area contributed by atoms with Crippen LogP contribution < -0.4 is 5.32 Å². The second-order valence-corrected chi connectivity index (χ2v) is 4.17. The van der Waals surface area contributed by atoms with Crippen LogP contribution in [0.5, 0.6) is 0 Å². The predicted molar refractivity (Wildman–Crippen MR) is 55.7 cm³/mol. The van der Waals surface area contributed by atoms with Crippen LogP contribution in [0.4, 0.5) is 0 Å². The molecule has 2 heteroatoms. The number of aliphatic hydroxyl groups is 1. The Bertz CT molecular complexity index is 121. The molecule has 0 aromatic heterocycles. The summed E-state index contributed by atoms with van der Waals surface area (Å²) < 4.78 is 0. The van der Waals surface area contributed by atoms with Gasteiger partial charge in [0.25, 0.3) is 0 Å².